The summed E-state index contributed by atoms with van der Waals surface area (Å²) in [6.07, 6.45) is 1.47. The summed E-state index contributed by atoms with van der Waals surface area (Å²) < 4.78 is 11.3. The smallest absolute Gasteiger partial charge is 0.271 e. The number of carbonyl (C=O) groups excluding carboxylic acids is 1. The molecule has 212 valence electrons. The first kappa shape index (κ1) is 29.4. The maximum absolute atomic E-state index is 12.7. The molecule has 0 unspecified atom stereocenters. The van der Waals surface area contributed by atoms with Gasteiger partial charge in [0.25, 0.3) is 5.91 Å². The zero-order valence-corrected chi connectivity index (χ0v) is 25.2. The number of halogens is 3. The molecule has 0 aliphatic carbocycles. The molecule has 4 aromatic carbocycles. The van der Waals surface area contributed by atoms with Gasteiger partial charge < -0.3 is 14.8 Å². The molecule has 0 spiro atoms. The molecule has 0 fully saturated rings. The molecule has 7 nitrogen and oxygen atoms in total. The highest BCUT2D eigenvalue weighted by atomic mass is 35.5. The van der Waals surface area contributed by atoms with Gasteiger partial charge in [0.2, 0.25) is 0 Å². The minimum atomic E-state index is -0.361. The molecule has 2 N–H and O–H groups in total. The second-order valence-corrected chi connectivity index (χ2v) is 11.0. The van der Waals surface area contributed by atoms with Crippen LogP contribution in [0, 0.1) is 0 Å². The molecule has 0 saturated heterocycles. The van der Waals surface area contributed by atoms with Gasteiger partial charge in [-0.15, -0.1) is 11.3 Å². The number of ether oxygens (including phenoxy) is 2. The van der Waals surface area contributed by atoms with Crippen molar-refractivity contribution in [2.24, 2.45) is 5.10 Å². The highest BCUT2D eigenvalue weighted by Gasteiger charge is 2.14. The Morgan fingerprint density at radius 3 is 2.50 bits per heavy atom. The predicted molar refractivity (Wildman–Crippen MR) is 171 cm³/mol. The molecule has 0 aliphatic rings. The number of anilines is 2. The number of amides is 1. The Labute approximate surface area is 261 Å². The van der Waals surface area contributed by atoms with Gasteiger partial charge in [0, 0.05) is 37.8 Å². The number of carbonyl (C=O) groups is 1. The number of methoxy groups -OCH3 is 1. The Kier molecular flexibility index (Phi) is 9.61. The molecule has 1 aromatic heterocycles. The van der Waals surface area contributed by atoms with Gasteiger partial charge in [-0.25, -0.2) is 10.4 Å². The summed E-state index contributed by atoms with van der Waals surface area (Å²) in [6, 6.07) is 25.5. The normalized spacial score (nSPS) is 11.0. The van der Waals surface area contributed by atoms with E-state index in [0.29, 0.717) is 37.7 Å². The Morgan fingerprint density at radius 2 is 1.76 bits per heavy atom. The fourth-order valence-electron chi connectivity index (χ4n) is 3.87. The number of nitrogens with one attached hydrogen (secondary N) is 2. The van der Waals surface area contributed by atoms with Gasteiger partial charge in [0.15, 0.2) is 16.6 Å². The molecule has 0 saturated carbocycles. The topological polar surface area (TPSA) is 84.8 Å². The molecular formula is C31H23Cl3N4O3S. The second kappa shape index (κ2) is 13.7. The van der Waals surface area contributed by atoms with Crippen molar-refractivity contribution in [3.8, 4) is 22.8 Å². The molecule has 0 aliphatic heterocycles. The van der Waals surface area contributed by atoms with Crippen molar-refractivity contribution >= 4 is 69.1 Å². The number of para-hydroxylation sites is 1. The minimum absolute atomic E-state index is 0.169. The van der Waals surface area contributed by atoms with E-state index in [1.165, 1.54) is 24.7 Å². The molecular weight excluding hydrogens is 615 g/mol. The Bertz CT molecular complexity index is 1730. The number of hydrogen-bond donors (Lipinski definition) is 2. The predicted octanol–water partition coefficient (Wildman–Crippen LogP) is 8.87. The molecule has 5 rings (SSSR count). The molecule has 42 heavy (non-hydrogen) atoms. The largest absolute Gasteiger partial charge is 0.493 e. The number of hydrazone groups is 1. The van der Waals surface area contributed by atoms with E-state index < -0.39 is 0 Å². The van der Waals surface area contributed by atoms with Crippen molar-refractivity contribution in [2.75, 3.05) is 12.4 Å². The van der Waals surface area contributed by atoms with Gasteiger partial charge in [-0.05, 0) is 54.1 Å². The highest BCUT2D eigenvalue weighted by molar-refractivity contribution is 7.14. The van der Waals surface area contributed by atoms with Crippen molar-refractivity contribution < 1.29 is 14.3 Å². The van der Waals surface area contributed by atoms with Crippen molar-refractivity contribution in [3.63, 3.8) is 0 Å². The number of rotatable bonds is 10. The van der Waals surface area contributed by atoms with Crippen LogP contribution in [0.1, 0.15) is 21.5 Å². The lowest BCUT2D eigenvalue weighted by atomic mass is 10.1. The van der Waals surface area contributed by atoms with E-state index in [0.717, 1.165) is 27.6 Å². The highest BCUT2D eigenvalue weighted by Crippen LogP contribution is 2.37. The van der Waals surface area contributed by atoms with Crippen molar-refractivity contribution in [2.45, 2.75) is 6.61 Å². The van der Waals surface area contributed by atoms with Crippen LogP contribution < -0.4 is 20.2 Å². The first-order valence-electron chi connectivity index (χ1n) is 12.6. The summed E-state index contributed by atoms with van der Waals surface area (Å²) in [6.45, 7) is 0.169. The molecule has 11 heteroatoms. The van der Waals surface area contributed by atoms with Crippen LogP contribution in [0.2, 0.25) is 15.1 Å². The summed E-state index contributed by atoms with van der Waals surface area (Å²) in [5.74, 6) is 0.398. The fourth-order valence-corrected chi connectivity index (χ4v) is 5.35. The first-order chi connectivity index (χ1) is 20.4. The minimum Gasteiger partial charge on any atom is -0.493 e. The monoisotopic (exact) mass is 636 g/mol. The zero-order chi connectivity index (χ0) is 29.5. The summed E-state index contributed by atoms with van der Waals surface area (Å²) in [5, 5.41) is 11.4. The van der Waals surface area contributed by atoms with Gasteiger partial charge in [0.1, 0.15) is 6.61 Å². The number of aromatic nitrogens is 1. The summed E-state index contributed by atoms with van der Waals surface area (Å²) in [7, 11) is 1.51. The summed E-state index contributed by atoms with van der Waals surface area (Å²) in [4.78, 5) is 17.3. The van der Waals surface area contributed by atoms with Gasteiger partial charge in [0.05, 0.1) is 24.0 Å². The Hall–Kier alpha value is -4.08. The van der Waals surface area contributed by atoms with Crippen LogP contribution in [0.5, 0.6) is 11.5 Å². The van der Waals surface area contributed by atoms with Crippen LogP contribution in [0.25, 0.3) is 11.3 Å². The number of hydrogen-bond acceptors (Lipinski definition) is 7. The number of nitrogens with zero attached hydrogens (tertiary/aromatic N) is 2. The maximum Gasteiger partial charge on any atom is 0.271 e. The lowest BCUT2D eigenvalue weighted by Gasteiger charge is -2.14. The average Bonchev–Trinajstić information content (AvgIpc) is 3.46. The number of thiazole rings is 1. The van der Waals surface area contributed by atoms with E-state index in [2.05, 4.69) is 20.8 Å². The molecule has 1 heterocycles. The van der Waals surface area contributed by atoms with E-state index in [1.807, 2.05) is 47.8 Å². The third kappa shape index (κ3) is 7.40. The third-order valence-electron chi connectivity index (χ3n) is 5.99. The van der Waals surface area contributed by atoms with E-state index in [4.69, 9.17) is 44.3 Å². The molecule has 0 radical (unpaired) electrons. The van der Waals surface area contributed by atoms with E-state index in [9.17, 15) is 4.79 Å². The molecule has 5 aromatic rings. The Balaban J connectivity index is 1.19. The number of benzene rings is 4. The molecule has 0 bridgehead atoms. The van der Waals surface area contributed by atoms with Crippen LogP contribution in [0.3, 0.4) is 0 Å². The SMILES string of the molecule is COc1cc(/C=N\NC(=O)c2ccc(-c3csc(Nc4ccccc4)n3)cc2)cc(Cl)c1OCc1ccc(Cl)cc1Cl. The first-order valence-corrected chi connectivity index (χ1v) is 14.6. The molecule has 1 amide bonds. The average molecular weight is 638 g/mol. The maximum atomic E-state index is 12.7. The van der Waals surface area contributed by atoms with Crippen LogP contribution >= 0.6 is 46.1 Å². The molecule has 0 atom stereocenters. The van der Waals surface area contributed by atoms with E-state index in [1.54, 1.807) is 42.5 Å². The van der Waals surface area contributed by atoms with Gasteiger partial charge in [-0.3, -0.25) is 4.79 Å². The van der Waals surface area contributed by atoms with Gasteiger partial charge in [-0.1, -0.05) is 71.2 Å². The Morgan fingerprint density at radius 1 is 0.976 bits per heavy atom. The van der Waals surface area contributed by atoms with Gasteiger partial charge >= 0.3 is 0 Å². The second-order valence-electron chi connectivity index (χ2n) is 8.86. The van der Waals surface area contributed by atoms with Crippen molar-refractivity contribution in [1.82, 2.24) is 10.4 Å². The van der Waals surface area contributed by atoms with Crippen LogP contribution in [0.15, 0.2) is 95.4 Å². The lowest BCUT2D eigenvalue weighted by Crippen LogP contribution is -2.17. The lowest BCUT2D eigenvalue weighted by molar-refractivity contribution is 0.0955. The van der Waals surface area contributed by atoms with Crippen molar-refractivity contribution in [1.29, 1.82) is 0 Å². The summed E-state index contributed by atoms with van der Waals surface area (Å²) >= 11 is 20.2. The third-order valence-corrected chi connectivity index (χ3v) is 7.62. The quantitative estimate of drug-likeness (QED) is 0.118. The van der Waals surface area contributed by atoms with Crippen LogP contribution in [0.4, 0.5) is 10.8 Å². The summed E-state index contributed by atoms with van der Waals surface area (Å²) in [5.41, 5.74) is 7.02. The van der Waals surface area contributed by atoms with Gasteiger partial charge in [-0.2, -0.15) is 5.10 Å². The zero-order valence-electron chi connectivity index (χ0n) is 22.1. The van der Waals surface area contributed by atoms with Crippen molar-refractivity contribution in [3.05, 3.63) is 122 Å². The standard InChI is InChI=1S/C31H23Cl3N4O3S/c1-40-28-14-19(13-26(34)29(28)41-17-22-11-12-23(32)15-25(22)33)16-35-38-30(39)21-9-7-20(8-10-21)27-18-42-31(37-27)36-24-5-3-2-4-6-24/h2-16,18H,17H2,1H3,(H,36,37)(H,38,39)/b35-16-. The van der Waals surface area contributed by atoms with E-state index in [-0.39, 0.29) is 12.5 Å². The van der Waals surface area contributed by atoms with E-state index >= 15 is 0 Å². The van der Waals surface area contributed by atoms with Crippen LogP contribution in [-0.2, 0) is 6.61 Å². The fraction of sp³-hybridized carbons (Fsp3) is 0.0645. The van der Waals surface area contributed by atoms with Crippen LogP contribution in [-0.4, -0.2) is 24.2 Å².